The summed E-state index contributed by atoms with van der Waals surface area (Å²) in [4.78, 5) is 9.39. The Morgan fingerprint density at radius 3 is 2.85 bits per heavy atom. The van der Waals surface area contributed by atoms with Gasteiger partial charge in [-0.15, -0.1) is 22.7 Å². The lowest BCUT2D eigenvalue weighted by Gasteiger charge is -2.03. The van der Waals surface area contributed by atoms with Gasteiger partial charge in [-0.2, -0.15) is 0 Å². The van der Waals surface area contributed by atoms with E-state index in [9.17, 15) is 0 Å². The molecule has 0 aliphatic carbocycles. The molecule has 0 saturated carbocycles. The third-order valence-corrected chi connectivity index (χ3v) is 3.57. The van der Waals surface area contributed by atoms with Crippen molar-refractivity contribution in [1.82, 2.24) is 9.97 Å². The summed E-state index contributed by atoms with van der Waals surface area (Å²) in [6, 6.07) is -0.105. The van der Waals surface area contributed by atoms with Gasteiger partial charge in [0, 0.05) is 22.1 Å². The molecule has 0 fully saturated rings. The van der Waals surface area contributed by atoms with Crippen LogP contribution in [-0.4, -0.2) is 9.97 Å². The lowest BCUT2D eigenvalue weighted by molar-refractivity contribution is 0.868. The number of aryl methyl sites for hydroxylation is 1. The van der Waals surface area contributed by atoms with Crippen LogP contribution in [-0.2, 0) is 0 Å². The fourth-order valence-corrected chi connectivity index (χ4v) is 2.53. The Morgan fingerprint density at radius 1 is 1.46 bits per heavy atom. The molecule has 2 aromatic heterocycles. The molecule has 2 N–H and O–H groups in total. The second-order valence-electron chi connectivity index (χ2n) is 2.71. The van der Waals surface area contributed by atoms with Crippen LogP contribution < -0.4 is 5.73 Å². The Bertz CT molecular complexity index is 380. The molecule has 2 aromatic rings. The van der Waals surface area contributed by atoms with Crippen molar-refractivity contribution in [3.8, 4) is 0 Å². The molecule has 2 rings (SSSR count). The van der Waals surface area contributed by atoms with E-state index in [1.807, 2.05) is 12.3 Å². The summed E-state index contributed by atoms with van der Waals surface area (Å²) < 4.78 is 0. The molecular formula is C8H9N3S2. The van der Waals surface area contributed by atoms with Crippen LogP contribution in [0.3, 0.4) is 0 Å². The van der Waals surface area contributed by atoms with Gasteiger partial charge in [-0.25, -0.2) is 4.98 Å². The third kappa shape index (κ3) is 1.77. The summed E-state index contributed by atoms with van der Waals surface area (Å²) in [5.41, 5.74) is 8.81. The van der Waals surface area contributed by atoms with Gasteiger partial charge < -0.3 is 5.73 Å². The van der Waals surface area contributed by atoms with E-state index >= 15 is 0 Å². The normalized spacial score (nSPS) is 13.1. The molecule has 0 bridgehead atoms. The van der Waals surface area contributed by atoms with E-state index in [0.29, 0.717) is 0 Å². The minimum atomic E-state index is -0.105. The van der Waals surface area contributed by atoms with Crippen molar-refractivity contribution in [2.24, 2.45) is 5.73 Å². The quantitative estimate of drug-likeness (QED) is 0.826. The average Bonchev–Trinajstić information content (AvgIpc) is 2.72. The smallest absolute Gasteiger partial charge is 0.115 e. The first-order valence-electron chi connectivity index (χ1n) is 3.83. The first-order chi connectivity index (χ1) is 6.27. The van der Waals surface area contributed by atoms with Crippen LogP contribution in [0.1, 0.15) is 21.6 Å². The predicted molar refractivity (Wildman–Crippen MR) is 55.0 cm³/mol. The maximum Gasteiger partial charge on any atom is 0.115 e. The van der Waals surface area contributed by atoms with Crippen LogP contribution >= 0.6 is 22.7 Å². The number of aromatic nitrogens is 2. The Hall–Kier alpha value is -0.780. The van der Waals surface area contributed by atoms with Gasteiger partial charge in [0.05, 0.1) is 11.6 Å². The minimum Gasteiger partial charge on any atom is -0.318 e. The summed E-state index contributed by atoms with van der Waals surface area (Å²) in [7, 11) is 0. The highest BCUT2D eigenvalue weighted by molar-refractivity contribution is 7.11. The van der Waals surface area contributed by atoms with Gasteiger partial charge in [0.15, 0.2) is 0 Å². The zero-order valence-corrected chi connectivity index (χ0v) is 8.73. The standard InChI is InChI=1S/C8H9N3S2/c1-5-3-12-8(11-5)7(9)6-2-10-4-13-6/h2-4,7H,9H2,1H3. The first kappa shape index (κ1) is 8.80. The molecule has 0 aliphatic heterocycles. The van der Waals surface area contributed by atoms with Gasteiger partial charge in [0.1, 0.15) is 5.01 Å². The molecule has 13 heavy (non-hydrogen) atoms. The summed E-state index contributed by atoms with van der Waals surface area (Å²) in [6.07, 6.45) is 1.80. The highest BCUT2D eigenvalue weighted by Crippen LogP contribution is 2.24. The minimum absolute atomic E-state index is 0.105. The van der Waals surface area contributed by atoms with Gasteiger partial charge in [0.2, 0.25) is 0 Å². The van der Waals surface area contributed by atoms with Crippen LogP contribution in [0.5, 0.6) is 0 Å². The summed E-state index contributed by atoms with van der Waals surface area (Å²) in [5.74, 6) is 0. The molecule has 1 unspecified atom stereocenters. The number of rotatable bonds is 2. The molecule has 0 aromatic carbocycles. The van der Waals surface area contributed by atoms with E-state index in [1.54, 1.807) is 34.4 Å². The van der Waals surface area contributed by atoms with Crippen molar-refractivity contribution < 1.29 is 0 Å². The van der Waals surface area contributed by atoms with E-state index in [0.717, 1.165) is 15.6 Å². The fourth-order valence-electron chi connectivity index (χ4n) is 1.02. The molecule has 3 nitrogen and oxygen atoms in total. The van der Waals surface area contributed by atoms with Crippen LogP contribution in [0.4, 0.5) is 0 Å². The number of nitrogens with two attached hydrogens (primary N) is 1. The van der Waals surface area contributed by atoms with E-state index < -0.39 is 0 Å². The lowest BCUT2D eigenvalue weighted by Crippen LogP contribution is -2.09. The summed E-state index contributed by atoms with van der Waals surface area (Å²) >= 11 is 3.16. The molecule has 0 spiro atoms. The van der Waals surface area contributed by atoms with E-state index in [4.69, 9.17) is 5.73 Å². The highest BCUT2D eigenvalue weighted by atomic mass is 32.1. The second kappa shape index (κ2) is 3.53. The number of hydrogen-bond donors (Lipinski definition) is 1. The molecular weight excluding hydrogens is 202 g/mol. The molecule has 0 amide bonds. The molecule has 68 valence electrons. The summed E-state index contributed by atoms with van der Waals surface area (Å²) in [5, 5.41) is 2.97. The Kier molecular flexibility index (Phi) is 2.39. The summed E-state index contributed by atoms with van der Waals surface area (Å²) in [6.45, 7) is 1.97. The van der Waals surface area contributed by atoms with Crippen molar-refractivity contribution in [2.45, 2.75) is 13.0 Å². The predicted octanol–water partition coefficient (Wildman–Crippen LogP) is 1.96. The fraction of sp³-hybridized carbons (Fsp3) is 0.250. The molecule has 2 heterocycles. The zero-order chi connectivity index (χ0) is 9.26. The number of thiazole rings is 2. The van der Waals surface area contributed by atoms with Crippen molar-refractivity contribution in [2.75, 3.05) is 0 Å². The molecule has 0 radical (unpaired) electrons. The van der Waals surface area contributed by atoms with Crippen LogP contribution in [0, 0.1) is 6.92 Å². The highest BCUT2D eigenvalue weighted by Gasteiger charge is 2.13. The van der Waals surface area contributed by atoms with Crippen molar-refractivity contribution >= 4 is 22.7 Å². The third-order valence-electron chi connectivity index (χ3n) is 1.66. The van der Waals surface area contributed by atoms with Crippen molar-refractivity contribution in [3.63, 3.8) is 0 Å². The van der Waals surface area contributed by atoms with E-state index in [2.05, 4.69) is 9.97 Å². The first-order valence-corrected chi connectivity index (χ1v) is 5.59. The largest absolute Gasteiger partial charge is 0.318 e. The SMILES string of the molecule is Cc1csc(C(N)c2cncs2)n1. The Labute approximate surface area is 84.3 Å². The van der Waals surface area contributed by atoms with Gasteiger partial charge in [-0.3, -0.25) is 4.98 Å². The molecule has 5 heteroatoms. The zero-order valence-electron chi connectivity index (χ0n) is 7.10. The molecule has 1 atom stereocenters. The lowest BCUT2D eigenvalue weighted by atomic mass is 10.3. The molecule has 0 saturated heterocycles. The Balaban J connectivity index is 2.28. The second-order valence-corrected chi connectivity index (χ2v) is 4.52. The maximum atomic E-state index is 5.99. The Morgan fingerprint density at radius 2 is 2.31 bits per heavy atom. The van der Waals surface area contributed by atoms with Crippen molar-refractivity contribution in [1.29, 1.82) is 0 Å². The van der Waals surface area contributed by atoms with Gasteiger partial charge in [-0.1, -0.05) is 0 Å². The number of hydrogen-bond acceptors (Lipinski definition) is 5. The van der Waals surface area contributed by atoms with Gasteiger partial charge in [-0.05, 0) is 6.92 Å². The average molecular weight is 211 g/mol. The van der Waals surface area contributed by atoms with E-state index in [1.165, 1.54) is 0 Å². The van der Waals surface area contributed by atoms with Gasteiger partial charge in [0.25, 0.3) is 0 Å². The van der Waals surface area contributed by atoms with Crippen LogP contribution in [0.2, 0.25) is 0 Å². The van der Waals surface area contributed by atoms with Crippen LogP contribution in [0.15, 0.2) is 17.1 Å². The molecule has 0 aliphatic rings. The topological polar surface area (TPSA) is 51.8 Å². The van der Waals surface area contributed by atoms with Crippen LogP contribution in [0.25, 0.3) is 0 Å². The number of nitrogens with zero attached hydrogens (tertiary/aromatic N) is 2. The van der Waals surface area contributed by atoms with Crippen molar-refractivity contribution in [3.05, 3.63) is 32.7 Å². The monoisotopic (exact) mass is 211 g/mol. The van der Waals surface area contributed by atoms with Gasteiger partial charge >= 0.3 is 0 Å². The van der Waals surface area contributed by atoms with E-state index in [-0.39, 0.29) is 6.04 Å². The maximum absolute atomic E-state index is 5.99.